The lowest BCUT2D eigenvalue weighted by Gasteiger charge is -2.27. The van der Waals surface area contributed by atoms with Gasteiger partial charge < -0.3 is 4.74 Å². The van der Waals surface area contributed by atoms with Gasteiger partial charge in [0.25, 0.3) is 0 Å². The number of carbonyl (C=O) groups is 1. The summed E-state index contributed by atoms with van der Waals surface area (Å²) in [5.41, 5.74) is -0.499. The van der Waals surface area contributed by atoms with Crippen LogP contribution in [0.3, 0.4) is 0 Å². The second-order valence-electron chi connectivity index (χ2n) is 5.54. The van der Waals surface area contributed by atoms with E-state index in [1.54, 1.807) is 0 Å². The average molecular weight is 223 g/mol. The molecule has 0 N–H and O–H groups in total. The molecule has 3 nitrogen and oxygen atoms in total. The van der Waals surface area contributed by atoms with E-state index in [1.165, 1.54) is 6.42 Å². The van der Waals surface area contributed by atoms with Crippen LogP contribution in [0.1, 0.15) is 52.9 Å². The van der Waals surface area contributed by atoms with Gasteiger partial charge in [-0.05, 0) is 39.5 Å². The van der Waals surface area contributed by atoms with E-state index in [1.807, 2.05) is 20.8 Å². The third-order valence-corrected chi connectivity index (χ3v) is 2.92. The second kappa shape index (κ2) is 5.34. The molecular formula is C13H21NO2. The molecule has 1 aliphatic carbocycles. The van der Waals surface area contributed by atoms with Crippen LogP contribution in [0.4, 0.5) is 0 Å². The van der Waals surface area contributed by atoms with Gasteiger partial charge >= 0.3 is 5.97 Å². The van der Waals surface area contributed by atoms with E-state index in [-0.39, 0.29) is 11.9 Å². The fraction of sp³-hybridized carbons (Fsp3) is 0.846. The summed E-state index contributed by atoms with van der Waals surface area (Å²) in [5, 5.41) is 9.09. The number of hydrogen-bond donors (Lipinski definition) is 0. The summed E-state index contributed by atoms with van der Waals surface area (Å²) in [5.74, 6) is -0.713. The van der Waals surface area contributed by atoms with Crippen LogP contribution in [0, 0.1) is 23.2 Å². The number of esters is 1. The van der Waals surface area contributed by atoms with E-state index in [9.17, 15) is 4.79 Å². The van der Waals surface area contributed by atoms with Gasteiger partial charge in [0.05, 0.1) is 6.07 Å². The molecule has 0 aromatic rings. The van der Waals surface area contributed by atoms with Crippen molar-refractivity contribution in [3.63, 3.8) is 0 Å². The predicted octanol–water partition coefficient (Wildman–Crippen LogP) is 3.05. The Labute approximate surface area is 97.8 Å². The van der Waals surface area contributed by atoms with E-state index >= 15 is 0 Å². The number of rotatable bonds is 2. The number of carbonyl (C=O) groups excluding carboxylic acids is 1. The first-order valence-electron chi connectivity index (χ1n) is 6.06. The third-order valence-electron chi connectivity index (χ3n) is 2.92. The molecule has 1 fully saturated rings. The molecule has 0 amide bonds. The first-order chi connectivity index (χ1) is 7.44. The molecule has 1 aliphatic rings. The molecule has 16 heavy (non-hydrogen) atoms. The largest absolute Gasteiger partial charge is 0.459 e. The summed E-state index contributed by atoms with van der Waals surface area (Å²) < 4.78 is 5.28. The summed E-state index contributed by atoms with van der Waals surface area (Å²) in [4.78, 5) is 11.8. The maximum absolute atomic E-state index is 11.8. The van der Waals surface area contributed by atoms with Crippen molar-refractivity contribution in [3.8, 4) is 6.07 Å². The first-order valence-corrected chi connectivity index (χ1v) is 6.06. The molecule has 0 radical (unpaired) electrons. The zero-order valence-corrected chi connectivity index (χ0v) is 10.5. The van der Waals surface area contributed by atoms with Crippen molar-refractivity contribution in [2.24, 2.45) is 11.8 Å². The minimum atomic E-state index is -0.570. The standard InChI is InChI=1S/C13H21NO2/c1-13(2,3)16-12(15)11(9-14)10-7-5-4-6-8-10/h10-11H,4-8H2,1-3H3. The summed E-state index contributed by atoms with van der Waals surface area (Å²) in [6, 6.07) is 2.12. The molecule has 0 bridgehead atoms. The van der Waals surface area contributed by atoms with Crippen LogP contribution in [-0.2, 0) is 9.53 Å². The highest BCUT2D eigenvalue weighted by atomic mass is 16.6. The topological polar surface area (TPSA) is 50.1 Å². The molecule has 0 spiro atoms. The highest BCUT2D eigenvalue weighted by molar-refractivity contribution is 5.76. The van der Waals surface area contributed by atoms with E-state index < -0.39 is 11.5 Å². The summed E-state index contributed by atoms with van der Waals surface area (Å²) in [7, 11) is 0. The van der Waals surface area contributed by atoms with Crippen LogP contribution in [0.2, 0.25) is 0 Å². The Morgan fingerprint density at radius 2 is 1.88 bits per heavy atom. The molecule has 90 valence electrons. The Bertz CT molecular complexity index is 279. The SMILES string of the molecule is CC(C)(C)OC(=O)C(C#N)C1CCCCC1. The lowest BCUT2D eigenvalue weighted by molar-refractivity contribution is -0.159. The van der Waals surface area contributed by atoms with Crippen LogP contribution in [0.5, 0.6) is 0 Å². The number of hydrogen-bond acceptors (Lipinski definition) is 3. The molecule has 1 atom stereocenters. The van der Waals surface area contributed by atoms with Crippen LogP contribution in [0.15, 0.2) is 0 Å². The Morgan fingerprint density at radius 3 is 2.31 bits per heavy atom. The van der Waals surface area contributed by atoms with Gasteiger partial charge in [-0.1, -0.05) is 19.3 Å². The molecule has 1 unspecified atom stereocenters. The second-order valence-corrected chi connectivity index (χ2v) is 5.54. The Morgan fingerprint density at radius 1 is 1.31 bits per heavy atom. The van der Waals surface area contributed by atoms with E-state index in [4.69, 9.17) is 10.00 Å². The summed E-state index contributed by atoms with van der Waals surface area (Å²) in [6.45, 7) is 5.50. The summed E-state index contributed by atoms with van der Waals surface area (Å²) >= 11 is 0. The minimum Gasteiger partial charge on any atom is -0.459 e. The molecule has 0 aliphatic heterocycles. The van der Waals surface area contributed by atoms with Gasteiger partial charge in [0.1, 0.15) is 11.5 Å². The number of nitrogens with zero attached hydrogens (tertiary/aromatic N) is 1. The molecule has 3 heteroatoms. The first kappa shape index (κ1) is 13.0. The Hall–Kier alpha value is -1.04. The van der Waals surface area contributed by atoms with Crippen molar-refractivity contribution in [1.29, 1.82) is 5.26 Å². The predicted molar refractivity (Wildman–Crippen MR) is 61.5 cm³/mol. The molecular weight excluding hydrogens is 202 g/mol. The summed E-state index contributed by atoms with van der Waals surface area (Å²) in [6.07, 6.45) is 5.45. The van der Waals surface area contributed by atoms with Crippen molar-refractivity contribution in [3.05, 3.63) is 0 Å². The fourth-order valence-corrected chi connectivity index (χ4v) is 2.18. The highest BCUT2D eigenvalue weighted by Crippen LogP contribution is 2.31. The Balaban J connectivity index is 2.60. The van der Waals surface area contributed by atoms with Crippen molar-refractivity contribution in [2.75, 3.05) is 0 Å². The van der Waals surface area contributed by atoms with Crippen LogP contribution in [0.25, 0.3) is 0 Å². The zero-order valence-electron chi connectivity index (χ0n) is 10.5. The smallest absolute Gasteiger partial charge is 0.324 e. The van der Waals surface area contributed by atoms with E-state index in [0.29, 0.717) is 0 Å². The van der Waals surface area contributed by atoms with Crippen molar-refractivity contribution in [2.45, 2.75) is 58.5 Å². The van der Waals surface area contributed by atoms with Crippen molar-refractivity contribution >= 4 is 5.97 Å². The maximum atomic E-state index is 11.8. The highest BCUT2D eigenvalue weighted by Gasteiger charge is 2.32. The molecule has 0 aromatic heterocycles. The fourth-order valence-electron chi connectivity index (χ4n) is 2.18. The third kappa shape index (κ3) is 3.84. The van der Waals surface area contributed by atoms with Gasteiger partial charge in [-0.2, -0.15) is 5.26 Å². The van der Waals surface area contributed by atoms with Crippen molar-refractivity contribution < 1.29 is 9.53 Å². The zero-order chi connectivity index (χ0) is 12.2. The molecule has 0 heterocycles. The minimum absolute atomic E-state index is 0.202. The van der Waals surface area contributed by atoms with Gasteiger partial charge in [-0.15, -0.1) is 0 Å². The lowest BCUT2D eigenvalue weighted by atomic mass is 9.80. The van der Waals surface area contributed by atoms with Gasteiger partial charge in [-0.3, -0.25) is 4.79 Å². The van der Waals surface area contributed by atoms with Crippen LogP contribution < -0.4 is 0 Å². The van der Waals surface area contributed by atoms with Crippen LogP contribution in [-0.4, -0.2) is 11.6 Å². The maximum Gasteiger partial charge on any atom is 0.324 e. The molecule has 1 saturated carbocycles. The molecule has 1 rings (SSSR count). The van der Waals surface area contributed by atoms with Crippen LogP contribution >= 0.6 is 0 Å². The van der Waals surface area contributed by atoms with E-state index in [2.05, 4.69) is 6.07 Å². The molecule has 0 saturated heterocycles. The number of ether oxygens (including phenoxy) is 1. The van der Waals surface area contributed by atoms with Gasteiger partial charge in [0.2, 0.25) is 0 Å². The van der Waals surface area contributed by atoms with Gasteiger partial charge in [0.15, 0.2) is 0 Å². The average Bonchev–Trinajstić information content (AvgIpc) is 2.17. The normalized spacial score (nSPS) is 19.9. The quantitative estimate of drug-likeness (QED) is 0.676. The lowest BCUT2D eigenvalue weighted by Crippen LogP contribution is -2.32. The van der Waals surface area contributed by atoms with E-state index in [0.717, 1.165) is 25.7 Å². The van der Waals surface area contributed by atoms with Gasteiger partial charge in [-0.25, -0.2) is 0 Å². The van der Waals surface area contributed by atoms with Crippen molar-refractivity contribution in [1.82, 2.24) is 0 Å². The Kier molecular flexibility index (Phi) is 4.35. The number of nitriles is 1. The van der Waals surface area contributed by atoms with Gasteiger partial charge in [0, 0.05) is 0 Å². The molecule has 0 aromatic carbocycles. The monoisotopic (exact) mass is 223 g/mol.